The number of aliphatic imine (C=N–C) groups is 1. The van der Waals surface area contributed by atoms with Crippen LogP contribution < -0.4 is 11.1 Å². The van der Waals surface area contributed by atoms with Gasteiger partial charge in [-0.15, -0.1) is 21.5 Å². The number of carbonyl (C=O) groups is 2. The monoisotopic (exact) mass is 674 g/mol. The fourth-order valence-electron chi connectivity index (χ4n) is 4.87. The lowest BCUT2D eigenvalue weighted by Crippen LogP contribution is -2.37. The Labute approximate surface area is 278 Å². The van der Waals surface area contributed by atoms with Gasteiger partial charge in [0.1, 0.15) is 23.0 Å². The number of thiophene rings is 1. The number of aromatic nitrogens is 3. The average molecular weight is 675 g/mol. The van der Waals surface area contributed by atoms with Crippen molar-refractivity contribution in [1.29, 1.82) is 0 Å². The zero-order valence-corrected chi connectivity index (χ0v) is 28.8. The van der Waals surface area contributed by atoms with Crippen molar-refractivity contribution >= 4 is 40.6 Å². The first-order chi connectivity index (χ1) is 21.9. The Morgan fingerprint density at radius 2 is 1.67 bits per heavy atom. The van der Waals surface area contributed by atoms with Crippen LogP contribution in [0, 0.1) is 26.2 Å². The number of fused-ring (bicyclic) bond motifs is 3. The van der Waals surface area contributed by atoms with Crippen LogP contribution >= 0.6 is 22.9 Å². The molecular formula is C32H43ClN6O6S. The summed E-state index contributed by atoms with van der Waals surface area (Å²) < 4.78 is 23.9. The number of hydrogen-bond acceptors (Lipinski definition) is 10. The van der Waals surface area contributed by atoms with Crippen molar-refractivity contribution in [1.82, 2.24) is 20.1 Å². The fraction of sp³-hybridized carbons (Fsp3) is 0.531. The third-order valence-electron chi connectivity index (χ3n) is 7.54. The molecule has 46 heavy (non-hydrogen) atoms. The molecular weight excluding hydrogens is 632 g/mol. The lowest BCUT2D eigenvalue weighted by atomic mass is 9.89. The van der Waals surface area contributed by atoms with Gasteiger partial charge in [0.05, 0.1) is 51.8 Å². The number of halogens is 1. The summed E-state index contributed by atoms with van der Waals surface area (Å²) in [7, 11) is 0. The zero-order chi connectivity index (χ0) is 33.4. The smallest absolute Gasteiger partial charge is 0.404 e. The van der Waals surface area contributed by atoms with Crippen molar-refractivity contribution < 1.29 is 28.5 Å². The van der Waals surface area contributed by atoms with E-state index in [-0.39, 0.29) is 24.3 Å². The Balaban J connectivity index is 1.25. The van der Waals surface area contributed by atoms with Crippen molar-refractivity contribution in [2.45, 2.75) is 60.1 Å². The van der Waals surface area contributed by atoms with Gasteiger partial charge in [-0.25, -0.2) is 4.79 Å². The quantitative estimate of drug-likeness (QED) is 0.217. The molecule has 1 aromatic carbocycles. The van der Waals surface area contributed by atoms with Crippen LogP contribution in [0.3, 0.4) is 0 Å². The Hall–Kier alpha value is -3.36. The van der Waals surface area contributed by atoms with Gasteiger partial charge in [-0.05, 0) is 38.5 Å². The third kappa shape index (κ3) is 9.13. The standard InChI is InChI=1S/C32H43ClN6O6S/c1-19-20(2)46-30-27(19)28(22-7-9-23(33)10-8-22)36-24(29-38-37-21(3)39(29)30)17-26(40)35-11-12-42-13-14-43-15-16-44-18-25(32(4,5)6)45-31(34)41/h7-10,24-25H,11-18H2,1-6H3,(H2,34,41)(H,35,40)/t24?,25-/m1/s1. The number of amides is 2. The molecule has 3 heterocycles. The van der Waals surface area contributed by atoms with E-state index in [1.807, 2.05) is 56.5 Å². The lowest BCUT2D eigenvalue weighted by molar-refractivity contribution is -0.121. The second-order valence-corrected chi connectivity index (χ2v) is 13.7. The predicted octanol–water partition coefficient (Wildman–Crippen LogP) is 4.87. The molecule has 2 atom stereocenters. The molecule has 2 aromatic heterocycles. The molecule has 2 amide bonds. The van der Waals surface area contributed by atoms with Crippen molar-refractivity contribution in [3.8, 4) is 5.00 Å². The van der Waals surface area contributed by atoms with Crippen LogP contribution in [0.25, 0.3) is 5.00 Å². The SMILES string of the molecule is Cc1sc2c(c1C)C(c1ccc(Cl)cc1)=NC(CC(=O)NCCOCCOCCOC[C@@H](OC(N)=O)C(C)(C)C)c1nnc(C)n1-2. The van der Waals surface area contributed by atoms with Gasteiger partial charge in [-0.2, -0.15) is 0 Å². The summed E-state index contributed by atoms with van der Waals surface area (Å²) in [6.07, 6.45) is -1.17. The van der Waals surface area contributed by atoms with Crippen LogP contribution in [0.5, 0.6) is 0 Å². The largest absolute Gasteiger partial charge is 0.443 e. The van der Waals surface area contributed by atoms with E-state index in [2.05, 4.69) is 29.4 Å². The van der Waals surface area contributed by atoms with E-state index in [1.54, 1.807) is 11.3 Å². The maximum atomic E-state index is 13.1. The molecule has 250 valence electrons. The summed E-state index contributed by atoms with van der Waals surface area (Å²) in [6.45, 7) is 14.3. The van der Waals surface area contributed by atoms with Crippen LogP contribution in [0.1, 0.15) is 66.5 Å². The second-order valence-electron chi connectivity index (χ2n) is 12.0. The summed E-state index contributed by atoms with van der Waals surface area (Å²) in [5.74, 6) is 1.20. The van der Waals surface area contributed by atoms with E-state index in [0.29, 0.717) is 50.4 Å². The van der Waals surface area contributed by atoms with Crippen molar-refractivity contribution in [3.05, 3.63) is 62.5 Å². The maximum absolute atomic E-state index is 13.1. The number of hydrogen-bond donors (Lipinski definition) is 2. The molecule has 12 nitrogen and oxygen atoms in total. The molecule has 1 unspecified atom stereocenters. The zero-order valence-electron chi connectivity index (χ0n) is 27.2. The highest BCUT2D eigenvalue weighted by Gasteiger charge is 2.32. The van der Waals surface area contributed by atoms with Crippen molar-refractivity contribution in [2.24, 2.45) is 16.1 Å². The minimum Gasteiger partial charge on any atom is -0.443 e. The number of rotatable bonds is 15. The maximum Gasteiger partial charge on any atom is 0.404 e. The first-order valence-electron chi connectivity index (χ1n) is 15.2. The highest BCUT2D eigenvalue weighted by molar-refractivity contribution is 7.15. The highest BCUT2D eigenvalue weighted by atomic mass is 35.5. The van der Waals surface area contributed by atoms with Crippen molar-refractivity contribution in [2.75, 3.05) is 46.2 Å². The average Bonchev–Trinajstić information content (AvgIpc) is 3.46. The lowest BCUT2D eigenvalue weighted by Gasteiger charge is -2.29. The predicted molar refractivity (Wildman–Crippen MR) is 177 cm³/mol. The highest BCUT2D eigenvalue weighted by Crippen LogP contribution is 2.39. The topological polar surface area (TPSA) is 152 Å². The van der Waals surface area contributed by atoms with Crippen LogP contribution in [-0.2, 0) is 23.7 Å². The van der Waals surface area contributed by atoms with Gasteiger partial charge >= 0.3 is 6.09 Å². The van der Waals surface area contributed by atoms with Gasteiger partial charge < -0.3 is 30.0 Å². The van der Waals surface area contributed by atoms with Gasteiger partial charge in [0, 0.05) is 33.0 Å². The number of nitrogens with two attached hydrogens (primary N) is 1. The molecule has 0 saturated carbocycles. The minimum atomic E-state index is -0.823. The van der Waals surface area contributed by atoms with Gasteiger partial charge in [0.15, 0.2) is 5.82 Å². The van der Waals surface area contributed by atoms with Crippen LogP contribution in [-0.4, -0.2) is 84.8 Å². The number of primary amides is 1. The molecule has 3 aromatic rings. The van der Waals surface area contributed by atoms with Crippen molar-refractivity contribution in [3.63, 3.8) is 0 Å². The van der Waals surface area contributed by atoms with E-state index in [1.165, 1.54) is 4.88 Å². The van der Waals surface area contributed by atoms with Crippen LogP contribution in [0.15, 0.2) is 29.3 Å². The normalized spacial score (nSPS) is 15.0. The Bertz CT molecular complexity index is 1530. The van der Waals surface area contributed by atoms with E-state index in [0.717, 1.165) is 33.2 Å². The van der Waals surface area contributed by atoms with Gasteiger partial charge in [0.2, 0.25) is 5.91 Å². The molecule has 4 rings (SSSR count). The summed E-state index contributed by atoms with van der Waals surface area (Å²) in [4.78, 5) is 30.5. The number of nitrogens with zero attached hydrogens (tertiary/aromatic N) is 4. The van der Waals surface area contributed by atoms with E-state index >= 15 is 0 Å². The molecule has 0 spiro atoms. The third-order valence-corrected chi connectivity index (χ3v) is 8.99. The van der Waals surface area contributed by atoms with Gasteiger partial charge in [-0.3, -0.25) is 14.4 Å². The second kappa shape index (κ2) is 16.0. The Kier molecular flexibility index (Phi) is 12.3. The number of carbonyl (C=O) groups excluding carboxylic acids is 2. The van der Waals surface area contributed by atoms with Crippen LogP contribution in [0.4, 0.5) is 4.79 Å². The number of nitrogens with one attached hydrogen (secondary N) is 1. The number of aryl methyl sites for hydroxylation is 2. The van der Waals surface area contributed by atoms with Gasteiger partial charge in [0.25, 0.3) is 0 Å². The molecule has 0 bridgehead atoms. The summed E-state index contributed by atoms with van der Waals surface area (Å²) in [5.41, 5.74) is 8.73. The number of benzene rings is 1. The Morgan fingerprint density at radius 1 is 1.02 bits per heavy atom. The summed E-state index contributed by atoms with van der Waals surface area (Å²) >= 11 is 7.86. The Morgan fingerprint density at radius 3 is 2.33 bits per heavy atom. The molecule has 1 aliphatic rings. The molecule has 0 radical (unpaired) electrons. The summed E-state index contributed by atoms with van der Waals surface area (Å²) in [5, 5.41) is 13.4. The molecule has 14 heteroatoms. The minimum absolute atomic E-state index is 0.103. The molecule has 0 fully saturated rings. The van der Waals surface area contributed by atoms with E-state index in [4.69, 9.17) is 41.3 Å². The molecule has 1 aliphatic heterocycles. The first-order valence-corrected chi connectivity index (χ1v) is 16.4. The molecule has 0 saturated heterocycles. The fourth-order valence-corrected chi connectivity index (χ4v) is 6.21. The number of ether oxygens (including phenoxy) is 4. The molecule has 3 N–H and O–H groups in total. The van der Waals surface area contributed by atoms with E-state index < -0.39 is 18.2 Å². The van der Waals surface area contributed by atoms with E-state index in [9.17, 15) is 9.59 Å². The summed E-state index contributed by atoms with van der Waals surface area (Å²) in [6, 6.07) is 7.05. The van der Waals surface area contributed by atoms with Gasteiger partial charge in [-0.1, -0.05) is 44.5 Å². The van der Waals surface area contributed by atoms with Crippen LogP contribution in [0.2, 0.25) is 5.02 Å². The molecule has 0 aliphatic carbocycles. The first kappa shape index (κ1) is 35.5.